The average Bonchev–Trinajstić information content (AvgIpc) is 3.35. The van der Waals surface area contributed by atoms with E-state index in [-0.39, 0.29) is 19.6 Å². The number of allylic oxidation sites excluding steroid dienone is 2. The van der Waals surface area contributed by atoms with Gasteiger partial charge in [0.25, 0.3) is 0 Å². The first kappa shape index (κ1) is 23.3. The van der Waals surface area contributed by atoms with Crippen molar-refractivity contribution in [1.82, 2.24) is 0 Å². The monoisotopic (exact) mass is 436 g/mol. The van der Waals surface area contributed by atoms with Gasteiger partial charge in [-0.3, -0.25) is 14.4 Å². The van der Waals surface area contributed by atoms with Gasteiger partial charge in [0.05, 0.1) is 13.0 Å². The van der Waals surface area contributed by atoms with Crippen molar-refractivity contribution < 1.29 is 28.6 Å². The molecule has 0 unspecified atom stereocenters. The number of rotatable bonds is 10. The molecular weight excluding hydrogens is 408 g/mol. The van der Waals surface area contributed by atoms with E-state index < -0.39 is 29.7 Å². The second-order valence-corrected chi connectivity index (χ2v) is 7.75. The Labute approximate surface area is 188 Å². The smallest absolute Gasteiger partial charge is 0.321 e. The van der Waals surface area contributed by atoms with Gasteiger partial charge in [0, 0.05) is 0 Å². The summed E-state index contributed by atoms with van der Waals surface area (Å²) in [7, 11) is 1.20. The molecule has 0 fully saturated rings. The lowest BCUT2D eigenvalue weighted by molar-refractivity contribution is -0.171. The first-order valence-corrected chi connectivity index (χ1v) is 10.8. The molecule has 1 aliphatic carbocycles. The minimum atomic E-state index is -1.39. The van der Waals surface area contributed by atoms with Crippen LogP contribution in [0.3, 0.4) is 0 Å². The van der Waals surface area contributed by atoms with Crippen LogP contribution >= 0.6 is 0 Å². The number of methoxy groups -OCH3 is 1. The zero-order valence-electron chi connectivity index (χ0n) is 18.2. The van der Waals surface area contributed by atoms with Gasteiger partial charge in [-0.05, 0) is 36.8 Å². The highest BCUT2D eigenvalue weighted by molar-refractivity contribution is 5.99. The SMILES string of the molecule is COC(=O)[C@H](C(=O)OCc1ccccc1)[C@@H](CC1=CCCC1)C(=O)OCc1ccccc1. The topological polar surface area (TPSA) is 78.9 Å². The quantitative estimate of drug-likeness (QED) is 0.238. The van der Waals surface area contributed by atoms with Gasteiger partial charge in [-0.2, -0.15) is 0 Å². The Bertz CT molecular complexity index is 935. The highest BCUT2D eigenvalue weighted by atomic mass is 16.6. The van der Waals surface area contributed by atoms with E-state index in [1.807, 2.05) is 60.7 Å². The van der Waals surface area contributed by atoms with Crippen LogP contribution in [0.5, 0.6) is 0 Å². The predicted molar refractivity (Wildman–Crippen MR) is 118 cm³/mol. The number of ether oxygens (including phenoxy) is 3. The second kappa shape index (κ2) is 11.8. The molecule has 0 radical (unpaired) electrons. The number of carbonyl (C=O) groups excluding carboxylic acids is 3. The van der Waals surface area contributed by atoms with Crippen molar-refractivity contribution >= 4 is 17.9 Å². The first-order chi connectivity index (χ1) is 15.6. The maximum absolute atomic E-state index is 13.1. The number of hydrogen-bond donors (Lipinski definition) is 0. The van der Waals surface area contributed by atoms with E-state index >= 15 is 0 Å². The van der Waals surface area contributed by atoms with Gasteiger partial charge in [-0.15, -0.1) is 0 Å². The summed E-state index contributed by atoms with van der Waals surface area (Å²) in [6.07, 6.45) is 5.05. The van der Waals surface area contributed by atoms with Gasteiger partial charge >= 0.3 is 17.9 Å². The van der Waals surface area contributed by atoms with Gasteiger partial charge < -0.3 is 14.2 Å². The van der Waals surface area contributed by atoms with Crippen LogP contribution in [0, 0.1) is 11.8 Å². The molecule has 0 N–H and O–H groups in total. The fourth-order valence-electron chi connectivity index (χ4n) is 3.75. The van der Waals surface area contributed by atoms with E-state index in [1.54, 1.807) is 0 Å². The molecule has 3 rings (SSSR count). The molecule has 0 heterocycles. The van der Waals surface area contributed by atoms with E-state index in [9.17, 15) is 14.4 Å². The Morgan fingerprint density at radius 2 is 1.38 bits per heavy atom. The minimum absolute atomic E-state index is 0.00163. The summed E-state index contributed by atoms with van der Waals surface area (Å²) in [6, 6.07) is 18.4. The van der Waals surface area contributed by atoms with Crippen LogP contribution in [0.25, 0.3) is 0 Å². The predicted octanol–water partition coefficient (Wildman–Crippen LogP) is 4.38. The molecule has 0 saturated carbocycles. The molecule has 0 spiro atoms. The van der Waals surface area contributed by atoms with Crippen molar-refractivity contribution in [2.45, 2.75) is 38.9 Å². The van der Waals surface area contributed by atoms with Crippen molar-refractivity contribution in [2.75, 3.05) is 7.11 Å². The molecule has 0 aromatic heterocycles. The summed E-state index contributed by atoms with van der Waals surface area (Å²) >= 11 is 0. The van der Waals surface area contributed by atoms with Crippen LogP contribution in [-0.4, -0.2) is 25.0 Å². The third kappa shape index (κ3) is 6.54. The Morgan fingerprint density at radius 3 is 1.88 bits per heavy atom. The number of esters is 3. The Hall–Kier alpha value is -3.41. The van der Waals surface area contributed by atoms with E-state index in [1.165, 1.54) is 7.11 Å². The molecule has 2 aromatic rings. The largest absolute Gasteiger partial charge is 0.468 e. The molecule has 32 heavy (non-hydrogen) atoms. The van der Waals surface area contributed by atoms with Crippen molar-refractivity contribution in [1.29, 1.82) is 0 Å². The second-order valence-electron chi connectivity index (χ2n) is 7.75. The average molecular weight is 437 g/mol. The zero-order valence-corrected chi connectivity index (χ0v) is 18.2. The zero-order chi connectivity index (χ0) is 22.8. The Kier molecular flexibility index (Phi) is 8.61. The van der Waals surface area contributed by atoms with Crippen molar-refractivity contribution in [3.05, 3.63) is 83.4 Å². The molecule has 2 aromatic carbocycles. The van der Waals surface area contributed by atoms with E-state index in [4.69, 9.17) is 14.2 Å². The number of hydrogen-bond acceptors (Lipinski definition) is 6. The van der Waals surface area contributed by atoms with Crippen LogP contribution < -0.4 is 0 Å². The van der Waals surface area contributed by atoms with Crippen LogP contribution in [0.15, 0.2) is 72.3 Å². The number of carbonyl (C=O) groups is 3. The van der Waals surface area contributed by atoms with Crippen molar-refractivity contribution in [3.63, 3.8) is 0 Å². The van der Waals surface area contributed by atoms with Gasteiger partial charge in [0.2, 0.25) is 0 Å². The summed E-state index contributed by atoms with van der Waals surface area (Å²) in [5, 5.41) is 0. The molecule has 6 heteroatoms. The summed E-state index contributed by atoms with van der Waals surface area (Å²) < 4.78 is 15.8. The summed E-state index contributed by atoms with van der Waals surface area (Å²) in [5.41, 5.74) is 2.64. The first-order valence-electron chi connectivity index (χ1n) is 10.8. The van der Waals surface area contributed by atoms with Gasteiger partial charge in [-0.25, -0.2) is 0 Å². The standard InChI is InChI=1S/C26H28O6/c1-30-25(28)23(26(29)32-18-21-14-6-3-7-15-21)22(16-19-10-8-9-11-19)24(27)31-17-20-12-4-2-5-13-20/h2-7,10,12-15,22-23H,8-9,11,16-18H2,1H3/t22-,23-/m1/s1. The van der Waals surface area contributed by atoms with Crippen LogP contribution in [-0.2, 0) is 41.8 Å². The molecule has 0 saturated heterocycles. The lowest BCUT2D eigenvalue weighted by Crippen LogP contribution is -2.39. The third-order valence-electron chi connectivity index (χ3n) is 5.48. The van der Waals surface area contributed by atoms with E-state index in [0.29, 0.717) is 0 Å². The molecule has 0 aliphatic heterocycles. The number of benzene rings is 2. The van der Waals surface area contributed by atoms with Crippen molar-refractivity contribution in [2.24, 2.45) is 11.8 Å². The third-order valence-corrected chi connectivity index (χ3v) is 5.48. The van der Waals surface area contributed by atoms with E-state index in [2.05, 4.69) is 6.08 Å². The summed E-state index contributed by atoms with van der Waals surface area (Å²) in [6.45, 7) is 0.0593. The fourth-order valence-corrected chi connectivity index (χ4v) is 3.75. The maximum Gasteiger partial charge on any atom is 0.321 e. The molecule has 6 nitrogen and oxygen atoms in total. The normalized spacial score (nSPS) is 14.7. The molecule has 0 bridgehead atoms. The Balaban J connectivity index is 1.77. The van der Waals surface area contributed by atoms with Crippen LogP contribution in [0.2, 0.25) is 0 Å². The molecule has 168 valence electrons. The minimum Gasteiger partial charge on any atom is -0.468 e. The summed E-state index contributed by atoms with van der Waals surface area (Å²) in [4.78, 5) is 38.6. The van der Waals surface area contributed by atoms with Crippen LogP contribution in [0.4, 0.5) is 0 Å². The van der Waals surface area contributed by atoms with Gasteiger partial charge in [0.1, 0.15) is 13.2 Å². The maximum atomic E-state index is 13.1. The lowest BCUT2D eigenvalue weighted by atomic mass is 9.86. The highest BCUT2D eigenvalue weighted by Gasteiger charge is 2.43. The lowest BCUT2D eigenvalue weighted by Gasteiger charge is -2.23. The Morgan fingerprint density at radius 1 is 0.812 bits per heavy atom. The fraction of sp³-hybridized carbons (Fsp3) is 0.346. The summed E-state index contributed by atoms with van der Waals surface area (Å²) in [5.74, 6) is -4.62. The molecule has 1 aliphatic rings. The van der Waals surface area contributed by atoms with E-state index in [0.717, 1.165) is 36.0 Å². The van der Waals surface area contributed by atoms with Crippen molar-refractivity contribution in [3.8, 4) is 0 Å². The molecule has 2 atom stereocenters. The van der Waals surface area contributed by atoms with Crippen LogP contribution in [0.1, 0.15) is 36.8 Å². The van der Waals surface area contributed by atoms with Gasteiger partial charge in [0.15, 0.2) is 5.92 Å². The highest BCUT2D eigenvalue weighted by Crippen LogP contribution is 2.31. The molecule has 0 amide bonds. The van der Waals surface area contributed by atoms with Gasteiger partial charge in [-0.1, -0.05) is 72.3 Å². The molecular formula is C26H28O6.